The topological polar surface area (TPSA) is 50.4 Å². The van der Waals surface area contributed by atoms with Crippen LogP contribution in [0.15, 0.2) is 24.3 Å². The number of carbonyl (C=O) groups excluding carboxylic acids is 1. The minimum absolute atomic E-state index is 0.000528. The summed E-state index contributed by atoms with van der Waals surface area (Å²) in [6.45, 7) is -0.992. The largest absolute Gasteiger partial charge is 0.434 e. The van der Waals surface area contributed by atoms with Gasteiger partial charge in [-0.3, -0.25) is 4.79 Å². The van der Waals surface area contributed by atoms with Crippen LogP contribution in [0, 0.1) is 5.92 Å². The number of para-hydroxylation sites is 1. The van der Waals surface area contributed by atoms with Gasteiger partial charge in [0.25, 0.3) is 0 Å². The first-order valence-corrected chi connectivity index (χ1v) is 6.68. The Balaban J connectivity index is 1.91. The molecule has 0 radical (unpaired) electrons. The summed E-state index contributed by atoms with van der Waals surface area (Å²) in [5, 5.41) is 5.98. The van der Waals surface area contributed by atoms with E-state index in [0.29, 0.717) is 5.56 Å². The minimum Gasteiger partial charge on any atom is -0.434 e. The maximum atomic E-state index is 12.3. The number of amides is 1. The van der Waals surface area contributed by atoms with Gasteiger partial charge in [-0.15, -0.1) is 0 Å². The van der Waals surface area contributed by atoms with Crippen LogP contribution in [-0.4, -0.2) is 25.6 Å². The fourth-order valence-electron chi connectivity index (χ4n) is 2.27. The Kier molecular flexibility index (Phi) is 5.29. The summed E-state index contributed by atoms with van der Waals surface area (Å²) in [4.78, 5) is 12.0. The van der Waals surface area contributed by atoms with E-state index >= 15 is 0 Å². The van der Waals surface area contributed by atoms with E-state index < -0.39 is 6.61 Å². The molecular formula is C14H18F2N2O2. The molecule has 1 aromatic carbocycles. The van der Waals surface area contributed by atoms with Gasteiger partial charge in [0.1, 0.15) is 5.75 Å². The lowest BCUT2D eigenvalue weighted by atomic mass is 9.97. The zero-order valence-electron chi connectivity index (χ0n) is 11.1. The number of alkyl halides is 2. The first-order valence-electron chi connectivity index (χ1n) is 6.68. The highest BCUT2D eigenvalue weighted by Crippen LogP contribution is 2.20. The van der Waals surface area contributed by atoms with Gasteiger partial charge in [-0.2, -0.15) is 8.78 Å². The molecule has 0 aliphatic carbocycles. The Morgan fingerprint density at radius 3 is 2.75 bits per heavy atom. The summed E-state index contributed by atoms with van der Waals surface area (Å²) in [5.41, 5.74) is 0.551. The highest BCUT2D eigenvalue weighted by molar-refractivity contribution is 5.78. The predicted octanol–water partition coefficient (Wildman–Crippen LogP) is 1.90. The van der Waals surface area contributed by atoms with E-state index in [1.54, 1.807) is 18.2 Å². The average Bonchev–Trinajstić information content (AvgIpc) is 2.46. The van der Waals surface area contributed by atoms with Crippen molar-refractivity contribution >= 4 is 5.91 Å². The summed E-state index contributed by atoms with van der Waals surface area (Å²) in [6, 6.07) is 6.48. The number of halogens is 2. The molecule has 0 atom stereocenters. The Bertz CT molecular complexity index is 449. The SMILES string of the molecule is O=C(NCc1ccccc1OC(F)F)C1CCNCC1. The predicted molar refractivity (Wildman–Crippen MR) is 70.5 cm³/mol. The van der Waals surface area contributed by atoms with E-state index in [-0.39, 0.29) is 24.1 Å². The van der Waals surface area contributed by atoms with Crippen molar-refractivity contribution in [2.45, 2.75) is 26.0 Å². The van der Waals surface area contributed by atoms with Crippen molar-refractivity contribution in [1.29, 1.82) is 0 Å². The first-order chi connectivity index (χ1) is 9.66. The highest BCUT2D eigenvalue weighted by Gasteiger charge is 2.20. The molecule has 110 valence electrons. The molecule has 1 fully saturated rings. The van der Waals surface area contributed by atoms with Crippen molar-refractivity contribution in [3.05, 3.63) is 29.8 Å². The summed E-state index contributed by atoms with van der Waals surface area (Å²) in [6.07, 6.45) is 1.61. The second-order valence-corrected chi connectivity index (χ2v) is 4.73. The Morgan fingerprint density at radius 2 is 2.05 bits per heavy atom. The van der Waals surface area contributed by atoms with Crippen LogP contribution in [0.1, 0.15) is 18.4 Å². The van der Waals surface area contributed by atoms with Crippen molar-refractivity contribution in [3.8, 4) is 5.75 Å². The van der Waals surface area contributed by atoms with E-state index in [2.05, 4.69) is 15.4 Å². The number of benzene rings is 1. The molecule has 0 bridgehead atoms. The normalized spacial score (nSPS) is 16.1. The number of hydrogen-bond donors (Lipinski definition) is 2. The van der Waals surface area contributed by atoms with Crippen molar-refractivity contribution in [2.75, 3.05) is 13.1 Å². The van der Waals surface area contributed by atoms with Gasteiger partial charge in [0.05, 0.1) is 0 Å². The zero-order chi connectivity index (χ0) is 14.4. The smallest absolute Gasteiger partial charge is 0.387 e. The van der Waals surface area contributed by atoms with Crippen LogP contribution < -0.4 is 15.4 Å². The Hall–Kier alpha value is -1.69. The number of carbonyl (C=O) groups is 1. The van der Waals surface area contributed by atoms with E-state index in [9.17, 15) is 13.6 Å². The Morgan fingerprint density at radius 1 is 1.35 bits per heavy atom. The third-order valence-electron chi connectivity index (χ3n) is 3.35. The highest BCUT2D eigenvalue weighted by atomic mass is 19.3. The summed E-state index contributed by atoms with van der Waals surface area (Å²) in [7, 11) is 0. The summed E-state index contributed by atoms with van der Waals surface area (Å²) < 4.78 is 29.0. The van der Waals surface area contributed by atoms with Gasteiger partial charge in [-0.05, 0) is 32.0 Å². The molecule has 2 rings (SSSR count). The molecule has 1 amide bonds. The third kappa shape index (κ3) is 4.16. The third-order valence-corrected chi connectivity index (χ3v) is 3.35. The lowest BCUT2D eigenvalue weighted by Gasteiger charge is -2.22. The molecule has 2 N–H and O–H groups in total. The number of ether oxygens (including phenoxy) is 1. The van der Waals surface area contributed by atoms with Crippen molar-refractivity contribution in [3.63, 3.8) is 0 Å². The average molecular weight is 284 g/mol. The molecular weight excluding hydrogens is 266 g/mol. The van der Waals surface area contributed by atoms with Crippen molar-refractivity contribution in [2.24, 2.45) is 5.92 Å². The molecule has 1 heterocycles. The van der Waals surface area contributed by atoms with Crippen LogP contribution >= 0.6 is 0 Å². The van der Waals surface area contributed by atoms with Gasteiger partial charge < -0.3 is 15.4 Å². The molecule has 20 heavy (non-hydrogen) atoms. The van der Waals surface area contributed by atoms with Crippen LogP contribution in [-0.2, 0) is 11.3 Å². The van der Waals surface area contributed by atoms with Gasteiger partial charge in [-0.1, -0.05) is 18.2 Å². The van der Waals surface area contributed by atoms with Crippen molar-refractivity contribution in [1.82, 2.24) is 10.6 Å². The number of rotatable bonds is 5. The summed E-state index contributed by atoms with van der Waals surface area (Å²) >= 11 is 0. The minimum atomic E-state index is -2.86. The van der Waals surface area contributed by atoms with Gasteiger partial charge in [0, 0.05) is 18.0 Å². The molecule has 0 unspecified atom stereocenters. The lowest BCUT2D eigenvalue weighted by molar-refractivity contribution is -0.125. The van der Waals surface area contributed by atoms with E-state index in [4.69, 9.17) is 0 Å². The van der Waals surface area contributed by atoms with E-state index in [1.807, 2.05) is 0 Å². The second-order valence-electron chi connectivity index (χ2n) is 4.73. The molecule has 4 nitrogen and oxygen atoms in total. The monoisotopic (exact) mass is 284 g/mol. The van der Waals surface area contributed by atoms with Gasteiger partial charge in [-0.25, -0.2) is 0 Å². The fourth-order valence-corrected chi connectivity index (χ4v) is 2.27. The van der Waals surface area contributed by atoms with Gasteiger partial charge in [0.2, 0.25) is 5.91 Å². The van der Waals surface area contributed by atoms with Crippen LogP contribution in [0.5, 0.6) is 5.75 Å². The number of piperidine rings is 1. The van der Waals surface area contributed by atoms with E-state index in [0.717, 1.165) is 25.9 Å². The maximum Gasteiger partial charge on any atom is 0.387 e. The van der Waals surface area contributed by atoms with Crippen LogP contribution in [0.2, 0.25) is 0 Å². The molecule has 1 aliphatic rings. The number of hydrogen-bond acceptors (Lipinski definition) is 3. The summed E-state index contributed by atoms with van der Waals surface area (Å²) in [5.74, 6) is 0.0749. The van der Waals surface area contributed by atoms with Gasteiger partial charge in [0.15, 0.2) is 0 Å². The lowest BCUT2D eigenvalue weighted by Crippen LogP contribution is -2.37. The molecule has 0 spiro atoms. The number of nitrogens with one attached hydrogen (secondary N) is 2. The molecule has 1 aliphatic heterocycles. The van der Waals surface area contributed by atoms with Crippen molar-refractivity contribution < 1.29 is 18.3 Å². The Labute approximate surface area is 116 Å². The molecule has 0 aromatic heterocycles. The molecule has 1 aromatic rings. The molecule has 6 heteroatoms. The van der Waals surface area contributed by atoms with Crippen LogP contribution in [0.25, 0.3) is 0 Å². The van der Waals surface area contributed by atoms with Gasteiger partial charge >= 0.3 is 6.61 Å². The quantitative estimate of drug-likeness (QED) is 0.868. The standard InChI is InChI=1S/C14H18F2N2O2/c15-14(16)20-12-4-2-1-3-11(12)9-18-13(19)10-5-7-17-8-6-10/h1-4,10,14,17H,5-9H2,(H,18,19). The van der Waals surface area contributed by atoms with Crippen LogP contribution in [0.3, 0.4) is 0 Å². The molecule has 1 saturated heterocycles. The second kappa shape index (κ2) is 7.19. The fraction of sp³-hybridized carbons (Fsp3) is 0.500. The van der Waals surface area contributed by atoms with Crippen LogP contribution in [0.4, 0.5) is 8.78 Å². The zero-order valence-corrected chi connectivity index (χ0v) is 11.1. The maximum absolute atomic E-state index is 12.3. The molecule has 0 saturated carbocycles. The first kappa shape index (κ1) is 14.7. The van der Waals surface area contributed by atoms with E-state index in [1.165, 1.54) is 6.07 Å².